The summed E-state index contributed by atoms with van der Waals surface area (Å²) in [5.41, 5.74) is -1.82. The number of aliphatic carboxylic acids is 1. The molecule has 0 aliphatic rings. The van der Waals surface area contributed by atoms with Gasteiger partial charge in [0.25, 0.3) is 5.91 Å². The molecule has 19 heavy (non-hydrogen) atoms. The Kier molecular flexibility index (Phi) is 5.43. The molecule has 0 spiro atoms. The first-order valence-corrected chi connectivity index (χ1v) is 6.87. The van der Waals surface area contributed by atoms with Crippen molar-refractivity contribution in [1.29, 1.82) is 0 Å². The zero-order valence-electron chi connectivity index (χ0n) is 9.71. The van der Waals surface area contributed by atoms with Crippen molar-refractivity contribution in [3.63, 3.8) is 0 Å². The minimum Gasteiger partial charge on any atom is -0.479 e. The topological polar surface area (TPSA) is 86.6 Å². The first-order chi connectivity index (χ1) is 8.65. The zero-order valence-corrected chi connectivity index (χ0v) is 13.4. The molecule has 0 aromatic heterocycles. The van der Waals surface area contributed by atoms with Gasteiger partial charge >= 0.3 is 5.97 Å². The van der Waals surface area contributed by atoms with Gasteiger partial charge in [0.2, 0.25) is 0 Å². The van der Waals surface area contributed by atoms with Crippen LogP contribution in [0.5, 0.6) is 0 Å². The van der Waals surface area contributed by atoms with E-state index in [9.17, 15) is 14.7 Å². The molecule has 0 fully saturated rings. The monoisotopic (exact) mass is 417 g/mol. The maximum Gasteiger partial charge on any atom is 0.337 e. The number of carbonyl (C=O) groups excluding carboxylic acids is 1. The average molecular weight is 418 g/mol. The zero-order chi connectivity index (χ0) is 14.8. The molecule has 0 aliphatic heterocycles. The van der Waals surface area contributed by atoms with Gasteiger partial charge in [0.05, 0.1) is 17.1 Å². The fraction of sp³-hybridized carbons (Fsp3) is 0.273. The van der Waals surface area contributed by atoms with E-state index in [1.54, 1.807) is 0 Å². The van der Waals surface area contributed by atoms with Crippen LogP contribution >= 0.6 is 45.8 Å². The van der Waals surface area contributed by atoms with E-state index in [2.05, 4.69) is 5.32 Å². The van der Waals surface area contributed by atoms with Crippen LogP contribution in [0, 0.1) is 3.57 Å². The van der Waals surface area contributed by atoms with Gasteiger partial charge in [-0.25, -0.2) is 4.79 Å². The minimum absolute atomic E-state index is 0.222. The predicted octanol–water partition coefficient (Wildman–Crippen LogP) is 2.16. The molecule has 1 unspecified atom stereocenters. The van der Waals surface area contributed by atoms with Crippen molar-refractivity contribution in [3.8, 4) is 0 Å². The summed E-state index contributed by atoms with van der Waals surface area (Å²) in [4.78, 5) is 22.6. The largest absolute Gasteiger partial charge is 0.479 e. The van der Waals surface area contributed by atoms with Crippen LogP contribution in [-0.4, -0.2) is 34.2 Å². The molecule has 0 bridgehead atoms. The summed E-state index contributed by atoms with van der Waals surface area (Å²) >= 11 is 13.6. The number of hydrogen-bond acceptors (Lipinski definition) is 3. The Balaban J connectivity index is 2.88. The highest BCUT2D eigenvalue weighted by Crippen LogP contribution is 2.26. The molecule has 5 nitrogen and oxygen atoms in total. The molecule has 3 N–H and O–H groups in total. The Hall–Kier alpha value is -0.570. The van der Waals surface area contributed by atoms with E-state index in [4.69, 9.17) is 28.3 Å². The van der Waals surface area contributed by atoms with Crippen LogP contribution in [0.25, 0.3) is 0 Å². The second kappa shape index (κ2) is 6.25. The lowest BCUT2D eigenvalue weighted by Crippen LogP contribution is -2.46. The minimum atomic E-state index is -2.04. The average Bonchev–Trinajstić information content (AvgIpc) is 2.30. The highest BCUT2D eigenvalue weighted by atomic mass is 127. The van der Waals surface area contributed by atoms with E-state index in [-0.39, 0.29) is 5.56 Å². The Bertz CT molecular complexity index is 534. The quantitative estimate of drug-likeness (QED) is 0.517. The molecule has 1 atom stereocenters. The summed E-state index contributed by atoms with van der Waals surface area (Å²) in [5, 5.41) is 21.2. The maximum absolute atomic E-state index is 11.9. The highest BCUT2D eigenvalue weighted by molar-refractivity contribution is 14.1. The molecule has 1 amide bonds. The Labute approximate surface area is 133 Å². The van der Waals surface area contributed by atoms with Crippen LogP contribution in [0.15, 0.2) is 12.1 Å². The fourth-order valence-corrected chi connectivity index (χ4v) is 2.19. The number of carboxylic acids is 1. The highest BCUT2D eigenvalue weighted by Gasteiger charge is 2.30. The number of carboxylic acid groups (broad SMARTS) is 1. The summed E-state index contributed by atoms with van der Waals surface area (Å²) in [5.74, 6) is -1.98. The third-order valence-electron chi connectivity index (χ3n) is 2.29. The van der Waals surface area contributed by atoms with Crippen LogP contribution in [-0.2, 0) is 4.79 Å². The predicted molar refractivity (Wildman–Crippen MR) is 79.8 cm³/mol. The van der Waals surface area contributed by atoms with E-state index in [1.165, 1.54) is 12.1 Å². The van der Waals surface area contributed by atoms with E-state index in [1.807, 2.05) is 22.6 Å². The number of rotatable bonds is 4. The molecule has 1 aromatic rings. The van der Waals surface area contributed by atoms with Crippen molar-refractivity contribution in [2.45, 2.75) is 12.5 Å². The van der Waals surface area contributed by atoms with Gasteiger partial charge in [-0.15, -0.1) is 0 Å². The normalized spacial score (nSPS) is 13.7. The molecular formula is C11H10Cl2INO4. The number of benzene rings is 1. The lowest BCUT2D eigenvalue weighted by molar-refractivity contribution is -0.155. The van der Waals surface area contributed by atoms with Gasteiger partial charge in [0, 0.05) is 8.59 Å². The van der Waals surface area contributed by atoms with Crippen molar-refractivity contribution >= 4 is 57.7 Å². The van der Waals surface area contributed by atoms with Gasteiger partial charge in [0.15, 0.2) is 5.60 Å². The number of amides is 1. The van der Waals surface area contributed by atoms with Crippen LogP contribution in [0.1, 0.15) is 17.3 Å². The maximum atomic E-state index is 11.9. The van der Waals surface area contributed by atoms with Crippen LogP contribution in [0.2, 0.25) is 10.0 Å². The van der Waals surface area contributed by atoms with Crippen molar-refractivity contribution in [1.82, 2.24) is 5.32 Å². The van der Waals surface area contributed by atoms with Gasteiger partial charge in [-0.05, 0) is 41.6 Å². The standard InChI is InChI=1S/C11H10Cl2INO4/c1-11(19,10(17)18)4-15-9(16)6-2-5(12)3-7(13)8(6)14/h2-3,19H,4H2,1H3,(H,15,16)(H,17,18). The molecule has 0 saturated carbocycles. The molecule has 8 heteroatoms. The number of halogens is 3. The van der Waals surface area contributed by atoms with Crippen LogP contribution < -0.4 is 5.32 Å². The first-order valence-electron chi connectivity index (χ1n) is 5.03. The van der Waals surface area contributed by atoms with Gasteiger partial charge in [-0.2, -0.15) is 0 Å². The second-order valence-electron chi connectivity index (χ2n) is 4.01. The lowest BCUT2D eigenvalue weighted by Gasteiger charge is -2.18. The van der Waals surface area contributed by atoms with E-state index in [0.29, 0.717) is 13.6 Å². The molecule has 1 rings (SSSR count). The molecule has 1 aromatic carbocycles. The van der Waals surface area contributed by atoms with E-state index < -0.39 is 24.0 Å². The molecule has 0 aliphatic carbocycles. The molecule has 0 radical (unpaired) electrons. The Morgan fingerprint density at radius 3 is 2.53 bits per heavy atom. The number of hydrogen-bond donors (Lipinski definition) is 3. The SMILES string of the molecule is CC(O)(CNC(=O)c1cc(Cl)cc(Cl)c1I)C(=O)O. The Morgan fingerprint density at radius 2 is 2.00 bits per heavy atom. The first kappa shape index (κ1) is 16.5. The van der Waals surface area contributed by atoms with Crippen LogP contribution in [0.3, 0.4) is 0 Å². The third-order valence-corrected chi connectivity index (χ3v) is 4.29. The molecule has 0 saturated heterocycles. The van der Waals surface area contributed by atoms with Crippen molar-refractivity contribution in [2.75, 3.05) is 6.54 Å². The number of nitrogens with one attached hydrogen (secondary N) is 1. The van der Waals surface area contributed by atoms with Crippen molar-refractivity contribution in [3.05, 3.63) is 31.3 Å². The van der Waals surface area contributed by atoms with Gasteiger partial charge < -0.3 is 15.5 Å². The number of carbonyl (C=O) groups is 2. The summed E-state index contributed by atoms with van der Waals surface area (Å²) < 4.78 is 0.496. The van der Waals surface area contributed by atoms with Gasteiger partial charge in [-0.1, -0.05) is 23.2 Å². The second-order valence-corrected chi connectivity index (χ2v) is 5.93. The molecule has 104 valence electrons. The van der Waals surface area contributed by atoms with Crippen molar-refractivity contribution < 1.29 is 19.8 Å². The third kappa shape index (κ3) is 4.20. The van der Waals surface area contributed by atoms with Gasteiger partial charge in [-0.3, -0.25) is 4.79 Å². The lowest BCUT2D eigenvalue weighted by atomic mass is 10.1. The molecule has 0 heterocycles. The summed E-state index contributed by atoms with van der Waals surface area (Å²) in [7, 11) is 0. The number of aliphatic hydroxyl groups is 1. The van der Waals surface area contributed by atoms with Crippen molar-refractivity contribution in [2.24, 2.45) is 0 Å². The summed E-state index contributed by atoms with van der Waals surface area (Å²) in [6, 6.07) is 2.91. The smallest absolute Gasteiger partial charge is 0.337 e. The molecular weight excluding hydrogens is 408 g/mol. The summed E-state index contributed by atoms with van der Waals surface area (Å²) in [6.45, 7) is 0.660. The van der Waals surface area contributed by atoms with Gasteiger partial charge in [0.1, 0.15) is 0 Å². The Morgan fingerprint density at radius 1 is 1.42 bits per heavy atom. The fourth-order valence-electron chi connectivity index (χ4n) is 1.14. The van der Waals surface area contributed by atoms with E-state index in [0.717, 1.165) is 6.92 Å². The summed E-state index contributed by atoms with van der Waals surface area (Å²) in [6.07, 6.45) is 0. The van der Waals surface area contributed by atoms with E-state index >= 15 is 0 Å². The van der Waals surface area contributed by atoms with Crippen LogP contribution in [0.4, 0.5) is 0 Å².